The van der Waals surface area contributed by atoms with Crippen molar-refractivity contribution in [2.24, 2.45) is 41.4 Å². The number of halogens is 8. The number of aliphatic hydroxyl groups is 1. The number of benzene rings is 4. The van der Waals surface area contributed by atoms with Crippen molar-refractivity contribution in [3.63, 3.8) is 0 Å². The predicted octanol–water partition coefficient (Wildman–Crippen LogP) is 10.8. The van der Waals surface area contributed by atoms with Gasteiger partial charge in [0, 0.05) is 5.92 Å². The largest absolute Gasteiger partial charge is 0.482 e. The summed E-state index contributed by atoms with van der Waals surface area (Å²) >= 11 is 0. The Morgan fingerprint density at radius 3 is 1.62 bits per heavy atom. The Hall–Kier alpha value is -6.10. The summed E-state index contributed by atoms with van der Waals surface area (Å²) in [4.78, 5) is 58.5. The van der Waals surface area contributed by atoms with Crippen LogP contribution in [0.2, 0.25) is 0 Å². The van der Waals surface area contributed by atoms with E-state index in [9.17, 15) is 24.3 Å². The second-order valence-electron chi connectivity index (χ2n) is 19.8. The molecule has 2 saturated carbocycles. The third kappa shape index (κ3) is 6.72. The van der Waals surface area contributed by atoms with Crippen molar-refractivity contribution >= 4 is 35.0 Å². The number of carbonyl (C=O) groups is 4. The Morgan fingerprint density at radius 1 is 0.632 bits per heavy atom. The summed E-state index contributed by atoms with van der Waals surface area (Å²) in [6.45, 7) is 12.2. The van der Waals surface area contributed by atoms with E-state index in [4.69, 9.17) is 9.47 Å². The van der Waals surface area contributed by atoms with Crippen LogP contribution in [0.15, 0.2) is 60.2 Å². The fourth-order valence-corrected chi connectivity index (χ4v) is 10.9. The SMILES string of the molecule is CCC(C)(C)Oc1c(F)c(F)c(-c2c(F)c(F)c(Oc3ccc(N4C(=O)C5C(C)C=C6CC7C8C(=O)N(c9ccc(C(C)(C)CC)cc9)C(=O)C8C7(O)CC6C5C4=O)cc3)c(F)c2F)c(F)c1F. The van der Waals surface area contributed by atoms with Crippen molar-refractivity contribution in [3.05, 3.63) is 112 Å². The van der Waals surface area contributed by atoms with Crippen LogP contribution in [0, 0.1) is 88.0 Å². The number of imide groups is 2. The van der Waals surface area contributed by atoms with Gasteiger partial charge in [-0.1, -0.05) is 58.4 Å². The van der Waals surface area contributed by atoms with Gasteiger partial charge in [-0.05, 0) is 98.7 Å². The molecule has 0 radical (unpaired) electrons. The standard InChI is InChI=1S/C51H46F8N2O7/c1-8-49(4,5)23-10-12-24(13-11-23)61-47(64)31-28-19-22-18-21(3)29-30(27(22)20-51(28,66)34(31)48(61)65)46(63)60(45(29)62)25-14-16-26(17-15-25)67-43-39(56)35(52)32(36(53)40(43)57)33-37(54)41(58)44(42(59)38(33)55)68-50(6,7)9-2/h10-18,21,27-31,34,66H,8-9,19-20H2,1-7H3. The summed E-state index contributed by atoms with van der Waals surface area (Å²) in [7, 11) is 0. The molecular weight excluding hydrogens is 905 g/mol. The zero-order valence-corrected chi connectivity index (χ0v) is 37.9. The van der Waals surface area contributed by atoms with Gasteiger partial charge in [-0.25, -0.2) is 22.5 Å². The first kappa shape index (κ1) is 47.0. The molecule has 0 spiro atoms. The first-order valence-corrected chi connectivity index (χ1v) is 22.4. The number of carbonyl (C=O) groups excluding carboxylic acids is 4. The molecule has 2 saturated heterocycles. The maximum Gasteiger partial charge on any atom is 0.240 e. The van der Waals surface area contributed by atoms with Crippen LogP contribution in [0.25, 0.3) is 11.1 Å². The molecule has 4 amide bonds. The van der Waals surface area contributed by atoms with Gasteiger partial charge in [0.1, 0.15) is 11.4 Å². The van der Waals surface area contributed by atoms with Crippen LogP contribution in [-0.2, 0) is 24.6 Å². The van der Waals surface area contributed by atoms with E-state index in [-0.39, 0.29) is 30.4 Å². The molecule has 68 heavy (non-hydrogen) atoms. The molecule has 0 bridgehead atoms. The topological polar surface area (TPSA) is 113 Å². The molecule has 9 nitrogen and oxygen atoms in total. The van der Waals surface area contributed by atoms with E-state index >= 15 is 35.1 Å². The molecule has 4 aromatic rings. The summed E-state index contributed by atoms with van der Waals surface area (Å²) in [6, 6.07) is 11.6. The highest BCUT2D eigenvalue weighted by Crippen LogP contribution is 2.65. The first-order chi connectivity index (χ1) is 31.9. The Morgan fingerprint density at radius 2 is 1.10 bits per heavy atom. The van der Waals surface area contributed by atoms with Gasteiger partial charge in [0.05, 0.1) is 51.8 Å². The fourth-order valence-electron chi connectivity index (χ4n) is 10.9. The van der Waals surface area contributed by atoms with Gasteiger partial charge in [-0.2, -0.15) is 17.6 Å². The van der Waals surface area contributed by atoms with Crippen LogP contribution < -0.4 is 19.3 Å². The predicted molar refractivity (Wildman–Crippen MR) is 230 cm³/mol. The number of rotatable bonds is 10. The van der Waals surface area contributed by atoms with Gasteiger partial charge in [0.25, 0.3) is 0 Å². The molecule has 4 aromatic carbocycles. The highest BCUT2D eigenvalue weighted by atomic mass is 19.2. The fraction of sp³-hybridized carbons (Fsp3) is 0.412. The molecule has 17 heteroatoms. The van der Waals surface area contributed by atoms with E-state index in [0.29, 0.717) is 5.69 Å². The van der Waals surface area contributed by atoms with Gasteiger partial charge in [0.2, 0.25) is 52.6 Å². The van der Waals surface area contributed by atoms with E-state index in [1.165, 1.54) is 20.8 Å². The van der Waals surface area contributed by atoms with E-state index < -0.39 is 151 Å². The molecular formula is C51H46F8N2O7. The third-order valence-corrected chi connectivity index (χ3v) is 15.4. The van der Waals surface area contributed by atoms with Crippen molar-refractivity contribution in [2.45, 2.75) is 90.8 Å². The molecule has 1 N–H and O–H groups in total. The van der Waals surface area contributed by atoms with Crippen LogP contribution in [0.1, 0.15) is 79.7 Å². The van der Waals surface area contributed by atoms with Crippen LogP contribution >= 0.6 is 0 Å². The molecule has 4 fully saturated rings. The van der Waals surface area contributed by atoms with Gasteiger partial charge < -0.3 is 14.6 Å². The molecule has 3 aliphatic carbocycles. The molecule has 2 aliphatic heterocycles. The number of hydrogen-bond donors (Lipinski definition) is 1. The van der Waals surface area contributed by atoms with E-state index in [1.54, 1.807) is 19.1 Å². The smallest absolute Gasteiger partial charge is 0.240 e. The Bertz CT molecular complexity index is 2830. The van der Waals surface area contributed by atoms with Gasteiger partial charge in [-0.3, -0.25) is 24.1 Å². The van der Waals surface area contributed by atoms with Gasteiger partial charge in [-0.15, -0.1) is 0 Å². The average molecular weight is 951 g/mol. The first-order valence-electron chi connectivity index (χ1n) is 22.4. The maximum absolute atomic E-state index is 15.5. The summed E-state index contributed by atoms with van der Waals surface area (Å²) in [5.74, 6) is -30.1. The number of allylic oxidation sites excluding steroid dienone is 2. The monoisotopic (exact) mass is 950 g/mol. The van der Waals surface area contributed by atoms with E-state index in [2.05, 4.69) is 20.8 Å². The lowest BCUT2D eigenvalue weighted by Crippen LogP contribution is -2.67. The van der Waals surface area contributed by atoms with Crippen molar-refractivity contribution < 1.29 is 68.9 Å². The average Bonchev–Trinajstić information content (AvgIpc) is 3.72. The van der Waals surface area contributed by atoms with Crippen molar-refractivity contribution in [3.8, 4) is 28.4 Å². The van der Waals surface area contributed by atoms with Crippen LogP contribution in [-0.4, -0.2) is 39.9 Å². The van der Waals surface area contributed by atoms with Crippen LogP contribution in [0.5, 0.6) is 17.2 Å². The molecule has 5 aliphatic rings. The number of ether oxygens (including phenoxy) is 2. The minimum Gasteiger partial charge on any atom is -0.482 e. The molecule has 0 aromatic heterocycles. The van der Waals surface area contributed by atoms with Crippen LogP contribution in [0.4, 0.5) is 46.5 Å². The highest BCUT2D eigenvalue weighted by Gasteiger charge is 2.75. The van der Waals surface area contributed by atoms with Crippen LogP contribution in [0.3, 0.4) is 0 Å². The van der Waals surface area contributed by atoms with Gasteiger partial charge >= 0.3 is 0 Å². The number of nitrogens with zero attached hydrogens (tertiary/aromatic N) is 2. The second kappa shape index (κ2) is 16.0. The minimum absolute atomic E-state index is 0.0226. The van der Waals surface area contributed by atoms with Gasteiger partial charge in [0.15, 0.2) is 29.0 Å². The van der Waals surface area contributed by atoms with E-state index in [0.717, 1.165) is 51.6 Å². The second-order valence-corrected chi connectivity index (χ2v) is 19.8. The Labute approximate surface area is 385 Å². The highest BCUT2D eigenvalue weighted by molar-refractivity contribution is 6.24. The Kier molecular flexibility index (Phi) is 11.0. The summed E-state index contributed by atoms with van der Waals surface area (Å²) in [5, 5.41) is 12.3. The van der Waals surface area contributed by atoms with E-state index in [1.807, 2.05) is 18.2 Å². The molecule has 8 atom stereocenters. The Balaban J connectivity index is 0.949. The summed E-state index contributed by atoms with van der Waals surface area (Å²) < 4.78 is 133. The summed E-state index contributed by atoms with van der Waals surface area (Å²) in [5.41, 5.74) is -5.10. The zero-order valence-electron chi connectivity index (χ0n) is 37.9. The number of amides is 4. The summed E-state index contributed by atoms with van der Waals surface area (Å²) in [6.07, 6.45) is 3.03. The molecule has 9 rings (SSSR count). The number of hydrogen-bond acceptors (Lipinski definition) is 7. The number of anilines is 2. The molecule has 8 unspecified atom stereocenters. The lowest BCUT2D eigenvalue weighted by atomic mass is 9.45. The molecule has 2 heterocycles. The van der Waals surface area contributed by atoms with Crippen molar-refractivity contribution in [1.82, 2.24) is 0 Å². The quantitative estimate of drug-likeness (QED) is 0.0729. The molecule has 358 valence electrons. The zero-order chi connectivity index (χ0) is 49.4. The lowest BCUT2D eigenvalue weighted by Gasteiger charge is -2.59. The number of fused-ring (bicyclic) bond motifs is 7. The normalized spacial score (nSPS) is 26.6. The third-order valence-electron chi connectivity index (χ3n) is 15.4. The maximum atomic E-state index is 15.5. The van der Waals surface area contributed by atoms with Crippen molar-refractivity contribution in [1.29, 1.82) is 0 Å². The minimum atomic E-state index is -2.45. The lowest BCUT2D eigenvalue weighted by molar-refractivity contribution is -0.207. The van der Waals surface area contributed by atoms with Crippen molar-refractivity contribution in [2.75, 3.05) is 9.80 Å².